The van der Waals surface area contributed by atoms with Gasteiger partial charge in [-0.25, -0.2) is 4.79 Å². The van der Waals surface area contributed by atoms with Crippen LogP contribution in [0.1, 0.15) is 58.9 Å². The number of benzene rings is 1. The average molecular weight is 421 g/mol. The minimum absolute atomic E-state index is 0.0413. The minimum atomic E-state index is -0.761. The van der Waals surface area contributed by atoms with Crippen LogP contribution in [0.15, 0.2) is 30.3 Å². The monoisotopic (exact) mass is 420 g/mol. The molecule has 168 valence electrons. The maximum atomic E-state index is 12.9. The van der Waals surface area contributed by atoms with Gasteiger partial charge in [0.15, 0.2) is 5.78 Å². The van der Waals surface area contributed by atoms with E-state index in [2.05, 4.69) is 10.6 Å². The Morgan fingerprint density at radius 3 is 2.30 bits per heavy atom. The number of amides is 2. The standard InChI is InChI=1S/C23H36N2O5/c1-5-7-13-19(25-23(28)30-15-18-11-9-8-10-12-18)22(27)24-20(14-17(3)4)21(26)16-29-6-2/h8-12,17,19-20H,5-7,13-16H2,1-4H3,(H,24,27)(H,25,28)/t19-,20?/m0/s1. The van der Waals surface area contributed by atoms with Gasteiger partial charge in [-0.1, -0.05) is 63.9 Å². The van der Waals surface area contributed by atoms with Crippen molar-refractivity contribution in [3.05, 3.63) is 35.9 Å². The third-order valence-corrected chi connectivity index (χ3v) is 4.53. The highest BCUT2D eigenvalue weighted by molar-refractivity contribution is 5.92. The molecule has 0 aliphatic carbocycles. The first-order valence-corrected chi connectivity index (χ1v) is 10.7. The van der Waals surface area contributed by atoms with Gasteiger partial charge in [0.25, 0.3) is 0 Å². The fourth-order valence-corrected chi connectivity index (χ4v) is 2.90. The molecule has 0 aromatic heterocycles. The molecule has 7 heteroatoms. The molecular weight excluding hydrogens is 384 g/mol. The van der Waals surface area contributed by atoms with Crippen molar-refractivity contribution in [2.24, 2.45) is 5.92 Å². The van der Waals surface area contributed by atoms with E-state index in [0.29, 0.717) is 19.4 Å². The Labute approximate surface area is 179 Å². The molecule has 0 saturated carbocycles. The first kappa shape index (κ1) is 25.6. The van der Waals surface area contributed by atoms with E-state index >= 15 is 0 Å². The van der Waals surface area contributed by atoms with Gasteiger partial charge in [0, 0.05) is 6.61 Å². The molecule has 30 heavy (non-hydrogen) atoms. The van der Waals surface area contributed by atoms with Crippen LogP contribution in [-0.4, -0.2) is 43.1 Å². The molecular formula is C23H36N2O5. The van der Waals surface area contributed by atoms with Gasteiger partial charge in [0.2, 0.25) is 5.91 Å². The second-order valence-corrected chi connectivity index (χ2v) is 7.70. The lowest BCUT2D eigenvalue weighted by Gasteiger charge is -2.24. The Kier molecular flexibility index (Phi) is 12.4. The topological polar surface area (TPSA) is 93.7 Å². The first-order valence-electron chi connectivity index (χ1n) is 10.7. The van der Waals surface area contributed by atoms with E-state index in [9.17, 15) is 14.4 Å². The van der Waals surface area contributed by atoms with Crippen molar-refractivity contribution in [1.29, 1.82) is 0 Å². The number of rotatable bonds is 14. The van der Waals surface area contributed by atoms with Crippen molar-refractivity contribution in [2.45, 2.75) is 72.1 Å². The fraction of sp³-hybridized carbons (Fsp3) is 0.609. The molecule has 0 saturated heterocycles. The summed E-state index contributed by atoms with van der Waals surface area (Å²) >= 11 is 0. The van der Waals surface area contributed by atoms with Gasteiger partial charge < -0.3 is 20.1 Å². The molecule has 0 aliphatic rings. The molecule has 1 aromatic rings. The lowest BCUT2D eigenvalue weighted by atomic mass is 9.99. The molecule has 1 unspecified atom stereocenters. The van der Waals surface area contributed by atoms with Crippen LogP contribution in [0.3, 0.4) is 0 Å². The van der Waals surface area contributed by atoms with E-state index in [1.165, 1.54) is 0 Å². The van der Waals surface area contributed by atoms with Crippen molar-refractivity contribution >= 4 is 17.8 Å². The Morgan fingerprint density at radius 2 is 1.70 bits per heavy atom. The molecule has 1 aromatic carbocycles. The average Bonchev–Trinajstić information content (AvgIpc) is 2.73. The van der Waals surface area contributed by atoms with Crippen LogP contribution in [0.2, 0.25) is 0 Å². The Hall–Kier alpha value is -2.41. The van der Waals surface area contributed by atoms with E-state index in [1.54, 1.807) is 0 Å². The molecule has 2 atom stereocenters. The molecule has 2 N–H and O–H groups in total. The number of carbonyl (C=O) groups excluding carboxylic acids is 3. The highest BCUT2D eigenvalue weighted by Gasteiger charge is 2.27. The predicted octanol–water partition coefficient (Wildman–Crippen LogP) is 3.61. The van der Waals surface area contributed by atoms with Gasteiger partial charge >= 0.3 is 6.09 Å². The van der Waals surface area contributed by atoms with Crippen molar-refractivity contribution < 1.29 is 23.9 Å². The molecule has 1 rings (SSSR count). The normalized spacial score (nSPS) is 12.8. The molecule has 0 bridgehead atoms. The van der Waals surface area contributed by atoms with Crippen LogP contribution in [0.5, 0.6) is 0 Å². The van der Waals surface area contributed by atoms with Crippen molar-refractivity contribution in [3.8, 4) is 0 Å². The highest BCUT2D eigenvalue weighted by atomic mass is 16.5. The minimum Gasteiger partial charge on any atom is -0.445 e. The summed E-state index contributed by atoms with van der Waals surface area (Å²) < 4.78 is 10.5. The number of carbonyl (C=O) groups is 3. The van der Waals surface area contributed by atoms with Gasteiger partial charge in [-0.2, -0.15) is 0 Å². The largest absolute Gasteiger partial charge is 0.445 e. The number of ether oxygens (including phenoxy) is 2. The van der Waals surface area contributed by atoms with E-state index in [-0.39, 0.29) is 30.8 Å². The van der Waals surface area contributed by atoms with Crippen molar-refractivity contribution in [3.63, 3.8) is 0 Å². The van der Waals surface area contributed by atoms with Crippen LogP contribution >= 0.6 is 0 Å². The zero-order valence-electron chi connectivity index (χ0n) is 18.6. The Morgan fingerprint density at radius 1 is 1.00 bits per heavy atom. The van der Waals surface area contributed by atoms with E-state index in [0.717, 1.165) is 18.4 Å². The van der Waals surface area contributed by atoms with E-state index in [4.69, 9.17) is 9.47 Å². The molecule has 0 heterocycles. The SMILES string of the molecule is CCCC[C@H](NC(=O)OCc1ccccc1)C(=O)NC(CC(C)C)C(=O)COCC. The van der Waals surface area contributed by atoms with Crippen LogP contribution < -0.4 is 10.6 Å². The Bertz CT molecular complexity index is 648. The quantitative estimate of drug-likeness (QED) is 0.480. The fourth-order valence-electron chi connectivity index (χ4n) is 2.90. The number of Topliss-reactive ketones (excluding diaryl/α,β-unsaturated/α-hetero) is 1. The summed E-state index contributed by atoms with van der Waals surface area (Å²) in [6.45, 7) is 8.31. The van der Waals surface area contributed by atoms with Crippen molar-refractivity contribution in [2.75, 3.05) is 13.2 Å². The number of hydrogen-bond acceptors (Lipinski definition) is 5. The molecule has 7 nitrogen and oxygen atoms in total. The molecule has 0 spiro atoms. The van der Waals surface area contributed by atoms with Gasteiger partial charge in [-0.15, -0.1) is 0 Å². The summed E-state index contributed by atoms with van der Waals surface area (Å²) in [6, 6.07) is 7.92. The second-order valence-electron chi connectivity index (χ2n) is 7.70. The van der Waals surface area contributed by atoms with Crippen LogP contribution in [-0.2, 0) is 25.7 Å². The number of ketones is 1. The molecule has 2 amide bonds. The zero-order chi connectivity index (χ0) is 22.4. The number of hydrogen-bond donors (Lipinski definition) is 2. The summed E-state index contributed by atoms with van der Waals surface area (Å²) in [5.74, 6) is -0.325. The van der Waals surface area contributed by atoms with Crippen LogP contribution in [0, 0.1) is 5.92 Å². The zero-order valence-corrected chi connectivity index (χ0v) is 18.6. The van der Waals surface area contributed by atoms with Gasteiger partial charge in [0.05, 0.1) is 6.04 Å². The maximum absolute atomic E-state index is 12.9. The number of nitrogens with one attached hydrogen (secondary N) is 2. The maximum Gasteiger partial charge on any atom is 0.408 e. The van der Waals surface area contributed by atoms with Crippen molar-refractivity contribution in [1.82, 2.24) is 10.6 Å². The summed E-state index contributed by atoms with van der Waals surface area (Å²) in [7, 11) is 0. The second kappa shape index (κ2) is 14.6. The first-order chi connectivity index (χ1) is 14.4. The van der Waals surface area contributed by atoms with Gasteiger partial charge in [-0.05, 0) is 31.2 Å². The molecule has 0 aliphatic heterocycles. The van der Waals surface area contributed by atoms with Gasteiger partial charge in [-0.3, -0.25) is 9.59 Å². The lowest BCUT2D eigenvalue weighted by molar-refractivity contribution is -0.131. The highest BCUT2D eigenvalue weighted by Crippen LogP contribution is 2.09. The molecule has 0 fully saturated rings. The summed E-state index contributed by atoms with van der Waals surface area (Å²) in [5, 5.41) is 5.45. The molecule has 0 radical (unpaired) electrons. The summed E-state index contributed by atoms with van der Waals surface area (Å²) in [5.41, 5.74) is 0.862. The van der Waals surface area contributed by atoms with Crippen LogP contribution in [0.4, 0.5) is 4.79 Å². The van der Waals surface area contributed by atoms with E-state index in [1.807, 2.05) is 58.0 Å². The summed E-state index contributed by atoms with van der Waals surface area (Å²) in [6.07, 6.45) is 1.96. The lowest BCUT2D eigenvalue weighted by Crippen LogP contribution is -2.52. The third-order valence-electron chi connectivity index (χ3n) is 4.53. The Balaban J connectivity index is 2.71. The smallest absolute Gasteiger partial charge is 0.408 e. The summed E-state index contributed by atoms with van der Waals surface area (Å²) in [4.78, 5) is 37.5. The number of unbranched alkanes of at least 4 members (excludes halogenated alkanes) is 1. The third kappa shape index (κ3) is 10.4. The predicted molar refractivity (Wildman–Crippen MR) is 116 cm³/mol. The van der Waals surface area contributed by atoms with Crippen LogP contribution in [0.25, 0.3) is 0 Å². The van der Waals surface area contributed by atoms with Gasteiger partial charge in [0.1, 0.15) is 19.3 Å². The number of alkyl carbamates (subject to hydrolysis) is 1. The van der Waals surface area contributed by atoms with E-state index < -0.39 is 18.2 Å².